The first-order chi connectivity index (χ1) is 10.4. The zero-order valence-corrected chi connectivity index (χ0v) is 13.6. The van der Waals surface area contributed by atoms with Gasteiger partial charge in [-0.25, -0.2) is 0 Å². The highest BCUT2D eigenvalue weighted by Crippen LogP contribution is 2.64. The van der Waals surface area contributed by atoms with E-state index < -0.39 is 0 Å². The van der Waals surface area contributed by atoms with Crippen molar-refractivity contribution in [3.8, 4) is 0 Å². The van der Waals surface area contributed by atoms with E-state index in [0.29, 0.717) is 29.9 Å². The van der Waals surface area contributed by atoms with Crippen molar-refractivity contribution in [1.82, 2.24) is 0 Å². The fraction of sp³-hybridized carbons (Fsp3) is 0.789. The number of hydrogen-bond donors (Lipinski definition) is 3. The average Bonchev–Trinajstić information content (AvgIpc) is 2.77. The van der Waals surface area contributed by atoms with E-state index in [1.165, 1.54) is 5.57 Å². The maximum atomic E-state index is 10.8. The van der Waals surface area contributed by atoms with Gasteiger partial charge in [0.05, 0.1) is 18.0 Å². The van der Waals surface area contributed by atoms with E-state index in [2.05, 4.69) is 19.9 Å². The molecule has 0 saturated heterocycles. The lowest BCUT2D eigenvalue weighted by Gasteiger charge is -2.55. The van der Waals surface area contributed by atoms with Crippen molar-refractivity contribution in [2.75, 3.05) is 0 Å². The third-order valence-electron chi connectivity index (χ3n) is 7.62. The molecule has 0 radical (unpaired) electrons. The maximum Gasteiger partial charge on any atom is 0.0923 e. The topological polar surface area (TPSA) is 60.7 Å². The van der Waals surface area contributed by atoms with Crippen LogP contribution in [0.2, 0.25) is 0 Å². The predicted molar refractivity (Wildman–Crippen MR) is 85.2 cm³/mol. The van der Waals surface area contributed by atoms with Gasteiger partial charge in [-0.1, -0.05) is 26.0 Å². The third-order valence-corrected chi connectivity index (χ3v) is 7.62. The summed E-state index contributed by atoms with van der Waals surface area (Å²) in [5.41, 5.74) is 1.24. The standard InChI is InChI=1S/C19H28O3/c1-18-7-5-12(20)9-11(18)10-15(21)17-13-3-4-16(22)19(13,2)8-6-14(17)18/h5,7,11-14,16,20-22H,3-4,6,8-10H2,1-2H3/t11?,12-,13-,14-,16-,18-,19-/m0/s1. The lowest BCUT2D eigenvalue weighted by molar-refractivity contribution is -0.0157. The lowest BCUT2D eigenvalue weighted by atomic mass is 9.49. The summed E-state index contributed by atoms with van der Waals surface area (Å²) < 4.78 is 0. The molecule has 1 unspecified atom stereocenters. The monoisotopic (exact) mass is 304 g/mol. The summed E-state index contributed by atoms with van der Waals surface area (Å²) in [6, 6.07) is 0. The molecule has 3 N–H and O–H groups in total. The largest absolute Gasteiger partial charge is 0.512 e. The summed E-state index contributed by atoms with van der Waals surface area (Å²) in [6.45, 7) is 4.52. The quantitative estimate of drug-likeness (QED) is 0.602. The Bertz CT molecular complexity index is 551. The molecule has 3 heteroatoms. The zero-order valence-electron chi connectivity index (χ0n) is 13.6. The molecule has 7 atom stereocenters. The Morgan fingerprint density at radius 2 is 1.86 bits per heavy atom. The van der Waals surface area contributed by atoms with Gasteiger partial charge in [0.15, 0.2) is 0 Å². The van der Waals surface area contributed by atoms with Gasteiger partial charge < -0.3 is 15.3 Å². The van der Waals surface area contributed by atoms with Crippen molar-refractivity contribution in [3.63, 3.8) is 0 Å². The third kappa shape index (κ3) is 1.75. The van der Waals surface area contributed by atoms with Crippen molar-refractivity contribution in [2.45, 2.75) is 64.6 Å². The van der Waals surface area contributed by atoms with Crippen LogP contribution >= 0.6 is 0 Å². The second kappa shape index (κ2) is 4.61. The van der Waals surface area contributed by atoms with E-state index in [1.54, 1.807) is 0 Å². The molecule has 3 nitrogen and oxygen atoms in total. The summed E-state index contributed by atoms with van der Waals surface area (Å²) in [4.78, 5) is 0. The van der Waals surface area contributed by atoms with E-state index in [0.717, 1.165) is 32.1 Å². The minimum absolute atomic E-state index is 0.0513. The number of hydrogen-bond acceptors (Lipinski definition) is 3. The number of rotatable bonds is 0. The van der Waals surface area contributed by atoms with Crippen LogP contribution < -0.4 is 0 Å². The summed E-state index contributed by atoms with van der Waals surface area (Å²) in [7, 11) is 0. The molecule has 0 heterocycles. The van der Waals surface area contributed by atoms with Gasteiger partial charge >= 0.3 is 0 Å². The fourth-order valence-electron chi connectivity index (χ4n) is 6.10. The number of aliphatic hydroxyl groups excluding tert-OH is 3. The van der Waals surface area contributed by atoms with Crippen molar-refractivity contribution in [1.29, 1.82) is 0 Å². The van der Waals surface area contributed by atoms with Crippen LogP contribution in [0.5, 0.6) is 0 Å². The van der Waals surface area contributed by atoms with Gasteiger partial charge in [-0.2, -0.15) is 0 Å². The van der Waals surface area contributed by atoms with Crippen molar-refractivity contribution in [3.05, 3.63) is 23.5 Å². The number of aliphatic hydroxyl groups is 3. The molecule has 0 aromatic heterocycles. The Morgan fingerprint density at radius 1 is 1.09 bits per heavy atom. The highest BCUT2D eigenvalue weighted by Gasteiger charge is 2.58. The first-order valence-electron chi connectivity index (χ1n) is 8.83. The molecule has 0 aromatic rings. The predicted octanol–water partition coefficient (Wildman–Crippen LogP) is 3.33. The SMILES string of the molecule is C[C@]12CC[C@H]3C(=C(O)CC4C[C@@H](O)C=C[C@@]43C)[C@@H]1CC[C@@H]2O. The Balaban J connectivity index is 1.78. The molecule has 0 aliphatic heterocycles. The molecular weight excluding hydrogens is 276 g/mol. The second-order valence-electron chi connectivity index (χ2n) is 8.57. The molecular formula is C19H28O3. The molecule has 2 saturated carbocycles. The maximum absolute atomic E-state index is 10.8. The summed E-state index contributed by atoms with van der Waals surface area (Å²) in [6.07, 6.45) is 8.96. The molecule has 4 aliphatic carbocycles. The minimum atomic E-state index is -0.366. The van der Waals surface area contributed by atoms with Gasteiger partial charge in [-0.15, -0.1) is 0 Å². The molecule has 2 fully saturated rings. The van der Waals surface area contributed by atoms with E-state index >= 15 is 0 Å². The van der Waals surface area contributed by atoms with Crippen LogP contribution in [-0.4, -0.2) is 27.5 Å². The smallest absolute Gasteiger partial charge is 0.0923 e. The molecule has 0 amide bonds. The first-order valence-corrected chi connectivity index (χ1v) is 8.83. The van der Waals surface area contributed by atoms with Crippen LogP contribution in [0.15, 0.2) is 23.5 Å². The van der Waals surface area contributed by atoms with Gasteiger partial charge in [0, 0.05) is 11.8 Å². The highest BCUT2D eigenvalue weighted by molar-refractivity contribution is 5.33. The van der Waals surface area contributed by atoms with Gasteiger partial charge in [0.1, 0.15) is 0 Å². The van der Waals surface area contributed by atoms with Crippen molar-refractivity contribution >= 4 is 0 Å². The summed E-state index contributed by atoms with van der Waals surface area (Å²) >= 11 is 0. The molecule has 22 heavy (non-hydrogen) atoms. The second-order valence-corrected chi connectivity index (χ2v) is 8.57. The number of fused-ring (bicyclic) bond motifs is 5. The normalized spacial score (nSPS) is 53.9. The van der Waals surface area contributed by atoms with Crippen molar-refractivity contribution in [2.24, 2.45) is 28.6 Å². The van der Waals surface area contributed by atoms with Crippen LogP contribution in [-0.2, 0) is 0 Å². The zero-order chi connectivity index (χ0) is 15.7. The van der Waals surface area contributed by atoms with Crippen molar-refractivity contribution < 1.29 is 15.3 Å². The van der Waals surface area contributed by atoms with Crippen LogP contribution in [0.1, 0.15) is 52.4 Å². The molecule has 4 aliphatic rings. The highest BCUT2D eigenvalue weighted by atomic mass is 16.3. The Labute approximate surface area is 132 Å². The summed E-state index contributed by atoms with van der Waals surface area (Å²) in [5.74, 6) is 1.61. The summed E-state index contributed by atoms with van der Waals surface area (Å²) in [5, 5.41) is 31.2. The van der Waals surface area contributed by atoms with Crippen LogP contribution in [0.4, 0.5) is 0 Å². The van der Waals surface area contributed by atoms with E-state index in [-0.39, 0.29) is 23.0 Å². The molecule has 0 spiro atoms. The Kier molecular flexibility index (Phi) is 3.09. The first kappa shape index (κ1) is 14.8. The van der Waals surface area contributed by atoms with E-state index in [1.807, 2.05) is 6.08 Å². The molecule has 4 rings (SSSR count). The van der Waals surface area contributed by atoms with E-state index in [4.69, 9.17) is 0 Å². The fourth-order valence-corrected chi connectivity index (χ4v) is 6.10. The minimum Gasteiger partial charge on any atom is -0.512 e. The average molecular weight is 304 g/mol. The van der Waals surface area contributed by atoms with E-state index in [9.17, 15) is 15.3 Å². The van der Waals surface area contributed by atoms with Gasteiger partial charge in [0.2, 0.25) is 0 Å². The van der Waals surface area contributed by atoms with Gasteiger partial charge in [0.25, 0.3) is 0 Å². The van der Waals surface area contributed by atoms with Gasteiger partial charge in [-0.3, -0.25) is 0 Å². The molecule has 0 aromatic carbocycles. The lowest BCUT2D eigenvalue weighted by Crippen LogP contribution is -2.49. The molecule has 0 bridgehead atoms. The van der Waals surface area contributed by atoms with Gasteiger partial charge in [-0.05, 0) is 60.8 Å². The van der Waals surface area contributed by atoms with Crippen LogP contribution in [0, 0.1) is 28.6 Å². The Morgan fingerprint density at radius 3 is 2.64 bits per heavy atom. The number of allylic oxidation sites excluding steroid dienone is 3. The van der Waals surface area contributed by atoms with Crippen LogP contribution in [0.25, 0.3) is 0 Å². The Hall–Kier alpha value is -0.800. The van der Waals surface area contributed by atoms with Crippen LogP contribution in [0.3, 0.4) is 0 Å². The molecule has 122 valence electrons.